The van der Waals surface area contributed by atoms with E-state index in [0.717, 1.165) is 16.7 Å². The van der Waals surface area contributed by atoms with E-state index < -0.39 is 0 Å². The smallest absolute Gasteiger partial charge is 0.134 e. The molecule has 3 heteroatoms. The molecule has 0 saturated carbocycles. The van der Waals surface area contributed by atoms with Gasteiger partial charge in [0, 0.05) is 5.88 Å². The molecule has 0 spiro atoms. The maximum Gasteiger partial charge on any atom is 0.134 e. The monoisotopic (exact) mass is 260 g/mol. The van der Waals surface area contributed by atoms with E-state index in [0.29, 0.717) is 16.8 Å². The first-order valence-electron chi connectivity index (χ1n) is 5.50. The quantitative estimate of drug-likeness (QED) is 0.756. The SMILES string of the molecule is CC(C)c1cc(O)c(Cl)c(C(C)C)c1CCl. The molecule has 1 rings (SSSR count). The van der Waals surface area contributed by atoms with Crippen LogP contribution in [0.25, 0.3) is 0 Å². The van der Waals surface area contributed by atoms with Crippen molar-refractivity contribution >= 4 is 23.2 Å². The average Bonchev–Trinajstić information content (AvgIpc) is 2.20. The molecule has 1 N–H and O–H groups in total. The second kappa shape index (κ2) is 5.29. The molecule has 1 nitrogen and oxygen atoms in total. The van der Waals surface area contributed by atoms with E-state index in [1.807, 2.05) is 0 Å². The standard InChI is InChI=1S/C13H18Cl2O/c1-7(2)9-5-11(16)13(15)12(8(3)4)10(9)6-14/h5,7-8,16H,6H2,1-4H3. The Kier molecular flexibility index (Phi) is 4.52. The number of phenolic OH excluding ortho intramolecular Hbond substituents is 1. The minimum absolute atomic E-state index is 0.155. The third kappa shape index (κ3) is 2.46. The Balaban J connectivity index is 3.55. The lowest BCUT2D eigenvalue weighted by atomic mass is 9.89. The van der Waals surface area contributed by atoms with Crippen molar-refractivity contribution < 1.29 is 5.11 Å². The summed E-state index contributed by atoms with van der Waals surface area (Å²) in [6.07, 6.45) is 0. The van der Waals surface area contributed by atoms with Crippen LogP contribution in [-0.2, 0) is 5.88 Å². The fraction of sp³-hybridized carbons (Fsp3) is 0.538. The Morgan fingerprint density at radius 3 is 2.12 bits per heavy atom. The molecule has 0 aliphatic rings. The van der Waals surface area contributed by atoms with Crippen molar-refractivity contribution in [2.24, 2.45) is 0 Å². The predicted molar refractivity (Wildman–Crippen MR) is 70.9 cm³/mol. The maximum absolute atomic E-state index is 9.82. The minimum Gasteiger partial charge on any atom is -0.506 e. The van der Waals surface area contributed by atoms with Gasteiger partial charge in [0.05, 0.1) is 5.02 Å². The molecule has 0 radical (unpaired) electrons. The Hall–Kier alpha value is -0.400. The van der Waals surface area contributed by atoms with Crippen LogP contribution in [0.2, 0.25) is 5.02 Å². The highest BCUT2D eigenvalue weighted by atomic mass is 35.5. The maximum atomic E-state index is 9.82. The zero-order chi connectivity index (χ0) is 12.5. The molecular weight excluding hydrogens is 243 g/mol. The summed E-state index contributed by atoms with van der Waals surface area (Å²) in [5.74, 6) is 1.17. The number of alkyl halides is 1. The molecular formula is C13H18Cl2O. The van der Waals surface area contributed by atoms with Gasteiger partial charge in [0.1, 0.15) is 5.75 Å². The van der Waals surface area contributed by atoms with Crippen molar-refractivity contribution in [3.8, 4) is 5.75 Å². The van der Waals surface area contributed by atoms with Crippen LogP contribution in [0.1, 0.15) is 56.2 Å². The summed E-state index contributed by atoms with van der Waals surface area (Å²) in [5.41, 5.74) is 3.12. The fourth-order valence-corrected chi connectivity index (χ4v) is 2.67. The minimum atomic E-state index is 0.155. The largest absolute Gasteiger partial charge is 0.506 e. The van der Waals surface area contributed by atoms with E-state index in [1.165, 1.54) is 0 Å². The van der Waals surface area contributed by atoms with Crippen molar-refractivity contribution in [2.45, 2.75) is 45.4 Å². The number of rotatable bonds is 3. The van der Waals surface area contributed by atoms with E-state index in [9.17, 15) is 5.11 Å². The Bertz CT molecular complexity index is 384. The molecule has 0 aliphatic heterocycles. The predicted octanol–water partition coefficient (Wildman–Crippen LogP) is 5.03. The number of hydrogen-bond donors (Lipinski definition) is 1. The Labute approximate surface area is 107 Å². The molecule has 0 heterocycles. The number of phenols is 1. The van der Waals surface area contributed by atoms with Crippen molar-refractivity contribution in [2.75, 3.05) is 0 Å². The van der Waals surface area contributed by atoms with Crippen LogP contribution >= 0.6 is 23.2 Å². The molecule has 0 fully saturated rings. The Morgan fingerprint density at radius 1 is 1.19 bits per heavy atom. The van der Waals surface area contributed by atoms with Gasteiger partial charge in [-0.25, -0.2) is 0 Å². The lowest BCUT2D eigenvalue weighted by Crippen LogP contribution is -2.03. The number of halogens is 2. The first-order valence-corrected chi connectivity index (χ1v) is 6.41. The van der Waals surface area contributed by atoms with Crippen LogP contribution in [0.5, 0.6) is 5.75 Å². The molecule has 0 unspecified atom stereocenters. The van der Waals surface area contributed by atoms with Crippen molar-refractivity contribution in [3.05, 3.63) is 27.8 Å². The number of aromatic hydroxyl groups is 1. The van der Waals surface area contributed by atoms with E-state index in [2.05, 4.69) is 27.7 Å². The lowest BCUT2D eigenvalue weighted by molar-refractivity contribution is 0.472. The van der Waals surface area contributed by atoms with Crippen LogP contribution in [0.3, 0.4) is 0 Å². The third-order valence-corrected chi connectivity index (χ3v) is 3.42. The van der Waals surface area contributed by atoms with E-state index >= 15 is 0 Å². The highest BCUT2D eigenvalue weighted by molar-refractivity contribution is 6.33. The fourth-order valence-electron chi connectivity index (χ4n) is 1.99. The van der Waals surface area contributed by atoms with Gasteiger partial charge in [-0.15, -0.1) is 11.6 Å². The second-order valence-corrected chi connectivity index (χ2v) is 5.28. The van der Waals surface area contributed by atoms with Gasteiger partial charge < -0.3 is 5.11 Å². The molecule has 16 heavy (non-hydrogen) atoms. The first kappa shape index (κ1) is 13.7. The lowest BCUT2D eigenvalue weighted by Gasteiger charge is -2.20. The molecule has 1 aromatic carbocycles. The summed E-state index contributed by atoms with van der Waals surface area (Å²) >= 11 is 12.1. The Morgan fingerprint density at radius 2 is 1.75 bits per heavy atom. The highest BCUT2D eigenvalue weighted by Crippen LogP contribution is 2.39. The average molecular weight is 261 g/mol. The van der Waals surface area contributed by atoms with Gasteiger partial charge in [0.25, 0.3) is 0 Å². The molecule has 0 atom stereocenters. The van der Waals surface area contributed by atoms with Crippen LogP contribution in [-0.4, -0.2) is 5.11 Å². The van der Waals surface area contributed by atoms with Crippen LogP contribution in [0.4, 0.5) is 0 Å². The zero-order valence-corrected chi connectivity index (χ0v) is 11.7. The summed E-state index contributed by atoms with van der Waals surface area (Å²) in [5, 5.41) is 10.3. The first-order chi connectivity index (χ1) is 7.40. The van der Waals surface area contributed by atoms with Crippen molar-refractivity contribution in [3.63, 3.8) is 0 Å². The van der Waals surface area contributed by atoms with Crippen LogP contribution in [0, 0.1) is 0 Å². The molecule has 0 aliphatic carbocycles. The second-order valence-electron chi connectivity index (χ2n) is 4.63. The molecule has 0 bridgehead atoms. The number of benzene rings is 1. The topological polar surface area (TPSA) is 20.2 Å². The van der Waals surface area contributed by atoms with Gasteiger partial charge in [-0.1, -0.05) is 39.3 Å². The molecule has 0 aromatic heterocycles. The summed E-state index contributed by atoms with van der Waals surface area (Å²) in [6.45, 7) is 8.29. The van der Waals surface area contributed by atoms with Gasteiger partial charge in [-0.3, -0.25) is 0 Å². The number of hydrogen-bond acceptors (Lipinski definition) is 1. The van der Waals surface area contributed by atoms with Crippen molar-refractivity contribution in [1.82, 2.24) is 0 Å². The third-order valence-electron chi connectivity index (χ3n) is 2.76. The van der Waals surface area contributed by atoms with Gasteiger partial charge in [0.15, 0.2) is 0 Å². The summed E-state index contributed by atoms with van der Waals surface area (Å²) in [7, 11) is 0. The van der Waals surface area contributed by atoms with Crippen LogP contribution < -0.4 is 0 Å². The van der Waals surface area contributed by atoms with Gasteiger partial charge in [-0.2, -0.15) is 0 Å². The van der Waals surface area contributed by atoms with Gasteiger partial charge >= 0.3 is 0 Å². The summed E-state index contributed by atoms with van der Waals surface area (Å²) < 4.78 is 0. The molecule has 0 amide bonds. The van der Waals surface area contributed by atoms with Gasteiger partial charge in [0.2, 0.25) is 0 Å². The van der Waals surface area contributed by atoms with Crippen LogP contribution in [0.15, 0.2) is 6.07 Å². The van der Waals surface area contributed by atoms with Gasteiger partial charge in [-0.05, 0) is 34.6 Å². The van der Waals surface area contributed by atoms with E-state index in [4.69, 9.17) is 23.2 Å². The highest BCUT2D eigenvalue weighted by Gasteiger charge is 2.19. The van der Waals surface area contributed by atoms with Crippen molar-refractivity contribution in [1.29, 1.82) is 0 Å². The zero-order valence-electron chi connectivity index (χ0n) is 10.1. The molecule has 90 valence electrons. The summed E-state index contributed by atoms with van der Waals surface area (Å²) in [4.78, 5) is 0. The molecule has 0 saturated heterocycles. The van der Waals surface area contributed by atoms with E-state index in [1.54, 1.807) is 6.07 Å². The van der Waals surface area contributed by atoms with E-state index in [-0.39, 0.29) is 11.7 Å². The molecule has 1 aromatic rings. The normalized spacial score (nSPS) is 11.5. The summed E-state index contributed by atoms with van der Waals surface area (Å²) in [6, 6.07) is 1.73.